The van der Waals surface area contributed by atoms with Crippen LogP contribution in [0.2, 0.25) is 0 Å². The maximum Gasteiger partial charge on any atom is 0.309 e. The van der Waals surface area contributed by atoms with Gasteiger partial charge in [0.25, 0.3) is 0 Å². The van der Waals surface area contributed by atoms with E-state index in [0.29, 0.717) is 5.69 Å². The lowest BCUT2D eigenvalue weighted by Crippen LogP contribution is -2.37. The number of thioether (sulfide) groups is 1. The Morgan fingerprint density at radius 2 is 2.21 bits per heavy atom. The number of amides is 1. The van der Waals surface area contributed by atoms with Gasteiger partial charge in [-0.2, -0.15) is 0 Å². The first kappa shape index (κ1) is 16.0. The zero-order chi connectivity index (χ0) is 14.4. The van der Waals surface area contributed by atoms with E-state index >= 15 is 0 Å². The zero-order valence-electron chi connectivity index (χ0n) is 11.2. The third kappa shape index (κ3) is 5.61. The van der Waals surface area contributed by atoms with Crippen molar-refractivity contribution in [2.24, 2.45) is 0 Å². The summed E-state index contributed by atoms with van der Waals surface area (Å²) in [5, 5.41) is 13.1. The summed E-state index contributed by atoms with van der Waals surface area (Å²) >= 11 is 2.72. The van der Waals surface area contributed by atoms with Gasteiger partial charge in [-0.1, -0.05) is 18.7 Å². The summed E-state index contributed by atoms with van der Waals surface area (Å²) in [6.07, 6.45) is 0.813. The standard InChI is InChI=1S/C12H18N2O3S2/c1-4-7(2)13-11(17)8(3)19-12-14-9(6-18-12)5-10(15)16/h6-8H,4-5H2,1-3H3,(H,13,17)(H,15,16). The van der Waals surface area contributed by atoms with Crippen LogP contribution >= 0.6 is 23.1 Å². The molecule has 5 nitrogen and oxygen atoms in total. The molecule has 0 bridgehead atoms. The fraction of sp³-hybridized carbons (Fsp3) is 0.583. The van der Waals surface area contributed by atoms with Crippen molar-refractivity contribution in [2.45, 2.75) is 49.2 Å². The molecule has 0 aromatic carbocycles. The topological polar surface area (TPSA) is 79.3 Å². The first-order chi connectivity index (χ1) is 8.92. The number of hydrogen-bond donors (Lipinski definition) is 2. The minimum absolute atomic E-state index is 0.0191. The molecule has 0 fully saturated rings. The smallest absolute Gasteiger partial charge is 0.309 e. The fourth-order valence-electron chi connectivity index (χ4n) is 1.25. The van der Waals surface area contributed by atoms with E-state index < -0.39 is 5.97 Å². The summed E-state index contributed by atoms with van der Waals surface area (Å²) < 4.78 is 0.725. The molecule has 0 aliphatic rings. The summed E-state index contributed by atoms with van der Waals surface area (Å²) in [5.74, 6) is -0.918. The van der Waals surface area contributed by atoms with Crippen LogP contribution in [0.3, 0.4) is 0 Å². The Labute approximate surface area is 120 Å². The molecule has 1 heterocycles. The number of hydrogen-bond acceptors (Lipinski definition) is 5. The molecule has 19 heavy (non-hydrogen) atoms. The highest BCUT2D eigenvalue weighted by molar-refractivity contribution is 8.02. The molecule has 0 spiro atoms. The van der Waals surface area contributed by atoms with Gasteiger partial charge in [0.1, 0.15) is 0 Å². The summed E-state index contributed by atoms with van der Waals surface area (Å²) in [4.78, 5) is 26.6. The Balaban J connectivity index is 2.51. The van der Waals surface area contributed by atoms with E-state index in [4.69, 9.17) is 5.11 Å². The summed E-state index contributed by atoms with van der Waals surface area (Å²) in [5.41, 5.74) is 0.537. The first-order valence-corrected chi connectivity index (χ1v) is 7.81. The Hall–Kier alpha value is -1.08. The van der Waals surface area contributed by atoms with Crippen LogP contribution in [0.15, 0.2) is 9.72 Å². The molecule has 106 valence electrons. The highest BCUT2D eigenvalue weighted by Gasteiger charge is 2.18. The fourth-order valence-corrected chi connectivity index (χ4v) is 3.24. The van der Waals surface area contributed by atoms with Crippen molar-refractivity contribution in [3.8, 4) is 0 Å². The van der Waals surface area contributed by atoms with E-state index in [1.807, 2.05) is 20.8 Å². The monoisotopic (exact) mass is 302 g/mol. The Morgan fingerprint density at radius 1 is 1.53 bits per heavy atom. The molecule has 1 aromatic heterocycles. The van der Waals surface area contributed by atoms with Gasteiger partial charge in [-0.05, 0) is 20.3 Å². The van der Waals surface area contributed by atoms with Crippen molar-refractivity contribution < 1.29 is 14.7 Å². The summed E-state index contributed by atoms with van der Waals surface area (Å²) in [6, 6.07) is 0.161. The van der Waals surface area contributed by atoms with Crippen LogP contribution in [0, 0.1) is 0 Å². The maximum atomic E-state index is 11.9. The van der Waals surface area contributed by atoms with Crippen molar-refractivity contribution >= 4 is 35.0 Å². The molecule has 2 N–H and O–H groups in total. The number of thiazole rings is 1. The average Bonchev–Trinajstić information content (AvgIpc) is 2.75. The number of nitrogens with one attached hydrogen (secondary N) is 1. The van der Waals surface area contributed by atoms with Crippen molar-refractivity contribution in [3.63, 3.8) is 0 Å². The molecule has 0 aliphatic heterocycles. The van der Waals surface area contributed by atoms with E-state index in [0.717, 1.165) is 10.8 Å². The molecule has 0 saturated carbocycles. The van der Waals surface area contributed by atoms with E-state index in [2.05, 4.69) is 10.3 Å². The molecule has 0 aliphatic carbocycles. The number of rotatable bonds is 7. The minimum atomic E-state index is -0.899. The normalized spacial score (nSPS) is 13.8. The number of aliphatic carboxylic acids is 1. The van der Waals surface area contributed by atoms with Crippen LogP contribution in [0.25, 0.3) is 0 Å². The molecule has 2 unspecified atom stereocenters. The van der Waals surface area contributed by atoms with Gasteiger partial charge in [0.05, 0.1) is 17.4 Å². The van der Waals surface area contributed by atoms with Gasteiger partial charge < -0.3 is 10.4 Å². The average molecular weight is 302 g/mol. The van der Waals surface area contributed by atoms with Gasteiger partial charge in [-0.25, -0.2) is 4.98 Å². The highest BCUT2D eigenvalue weighted by atomic mass is 32.2. The highest BCUT2D eigenvalue weighted by Crippen LogP contribution is 2.27. The summed E-state index contributed by atoms with van der Waals surface area (Å²) in [7, 11) is 0. The quantitative estimate of drug-likeness (QED) is 0.755. The van der Waals surface area contributed by atoms with E-state index in [-0.39, 0.29) is 23.6 Å². The maximum absolute atomic E-state index is 11.9. The number of carboxylic acid groups (broad SMARTS) is 1. The van der Waals surface area contributed by atoms with Crippen LogP contribution in [0.1, 0.15) is 32.9 Å². The second-order valence-electron chi connectivity index (χ2n) is 4.25. The molecule has 7 heteroatoms. The summed E-state index contributed by atoms with van der Waals surface area (Å²) in [6.45, 7) is 5.80. The molecular weight excluding hydrogens is 284 g/mol. The number of carboxylic acids is 1. The van der Waals surface area contributed by atoms with Gasteiger partial charge in [0.15, 0.2) is 4.34 Å². The molecule has 0 radical (unpaired) electrons. The largest absolute Gasteiger partial charge is 0.481 e. The predicted octanol–water partition coefficient (Wildman–Crippen LogP) is 2.17. The molecule has 0 saturated heterocycles. The third-order valence-corrected chi connectivity index (χ3v) is 4.63. The van der Waals surface area contributed by atoms with Gasteiger partial charge in [0, 0.05) is 11.4 Å². The van der Waals surface area contributed by atoms with Crippen LogP contribution in [0.5, 0.6) is 0 Å². The third-order valence-electron chi connectivity index (χ3n) is 2.51. The SMILES string of the molecule is CCC(C)NC(=O)C(C)Sc1nc(CC(=O)O)cs1. The van der Waals surface area contributed by atoms with Crippen molar-refractivity contribution in [1.82, 2.24) is 10.3 Å². The lowest BCUT2D eigenvalue weighted by molar-refractivity contribution is -0.136. The van der Waals surface area contributed by atoms with E-state index in [1.165, 1.54) is 23.1 Å². The van der Waals surface area contributed by atoms with Crippen molar-refractivity contribution in [1.29, 1.82) is 0 Å². The van der Waals surface area contributed by atoms with Crippen molar-refractivity contribution in [2.75, 3.05) is 0 Å². The van der Waals surface area contributed by atoms with Crippen LogP contribution in [-0.4, -0.2) is 33.3 Å². The molecule has 2 atom stereocenters. The Bertz CT molecular complexity index is 448. The minimum Gasteiger partial charge on any atom is -0.481 e. The number of carbonyl (C=O) groups excluding carboxylic acids is 1. The zero-order valence-corrected chi connectivity index (χ0v) is 12.8. The number of carbonyl (C=O) groups is 2. The molecule has 1 rings (SSSR count). The Kier molecular flexibility index (Phi) is 6.30. The van der Waals surface area contributed by atoms with E-state index in [9.17, 15) is 9.59 Å². The van der Waals surface area contributed by atoms with Crippen LogP contribution < -0.4 is 5.32 Å². The van der Waals surface area contributed by atoms with Gasteiger partial charge in [-0.3, -0.25) is 9.59 Å². The Morgan fingerprint density at radius 3 is 2.79 bits per heavy atom. The number of aromatic nitrogens is 1. The van der Waals surface area contributed by atoms with Crippen molar-refractivity contribution in [3.05, 3.63) is 11.1 Å². The van der Waals surface area contributed by atoms with Gasteiger partial charge in [0.2, 0.25) is 5.91 Å². The first-order valence-electron chi connectivity index (χ1n) is 6.05. The molecular formula is C12H18N2O3S2. The predicted molar refractivity (Wildman–Crippen MR) is 76.7 cm³/mol. The van der Waals surface area contributed by atoms with Crippen LogP contribution in [-0.2, 0) is 16.0 Å². The van der Waals surface area contributed by atoms with Gasteiger partial charge >= 0.3 is 5.97 Å². The second kappa shape index (κ2) is 7.49. The molecule has 1 aromatic rings. The molecule has 1 amide bonds. The number of nitrogens with zero attached hydrogens (tertiary/aromatic N) is 1. The van der Waals surface area contributed by atoms with Crippen LogP contribution in [0.4, 0.5) is 0 Å². The van der Waals surface area contributed by atoms with E-state index in [1.54, 1.807) is 5.38 Å². The van der Waals surface area contributed by atoms with Gasteiger partial charge in [-0.15, -0.1) is 11.3 Å². The lowest BCUT2D eigenvalue weighted by Gasteiger charge is -2.14. The lowest BCUT2D eigenvalue weighted by atomic mass is 10.2. The second-order valence-corrected chi connectivity index (χ2v) is 6.70.